The third-order valence-corrected chi connectivity index (χ3v) is 16.9. The van der Waals surface area contributed by atoms with Crippen LogP contribution in [0.4, 0.5) is 0 Å². The molecule has 1 unspecified atom stereocenters. The number of rotatable bonds is 5. The van der Waals surface area contributed by atoms with Crippen LogP contribution in [0.25, 0.3) is 0 Å². The molecule has 0 heterocycles. The number of hydrogen-bond donors (Lipinski definition) is 0. The fourth-order valence-electron chi connectivity index (χ4n) is 9.34. The van der Waals surface area contributed by atoms with Crippen molar-refractivity contribution in [3.63, 3.8) is 0 Å². The molecule has 176 valence electrons. The SMILES string of the molecule is CC(C)[Si](OC1CC(=O)[C@@]2(C)CC[C@H]3[C@@H](CCC4=CCCC[C@@]43C)[C@H]12)(C(C)C)C(C)C. The summed E-state index contributed by atoms with van der Waals surface area (Å²) in [5.74, 6) is 2.35. The molecule has 4 rings (SSSR count). The van der Waals surface area contributed by atoms with E-state index in [1.54, 1.807) is 5.57 Å². The molecule has 0 N–H and O–H groups in total. The molecule has 0 saturated heterocycles. The Kier molecular flexibility index (Phi) is 6.21. The highest BCUT2D eigenvalue weighted by Crippen LogP contribution is 2.65. The van der Waals surface area contributed by atoms with Crippen molar-refractivity contribution < 1.29 is 9.22 Å². The van der Waals surface area contributed by atoms with Gasteiger partial charge >= 0.3 is 0 Å². The lowest BCUT2D eigenvalue weighted by molar-refractivity contribution is -0.133. The highest BCUT2D eigenvalue weighted by molar-refractivity contribution is 6.77. The van der Waals surface area contributed by atoms with Gasteiger partial charge in [-0.05, 0) is 84.7 Å². The van der Waals surface area contributed by atoms with Crippen molar-refractivity contribution in [1.29, 1.82) is 0 Å². The number of hydrogen-bond acceptors (Lipinski definition) is 2. The second-order valence-corrected chi connectivity index (χ2v) is 18.3. The van der Waals surface area contributed by atoms with E-state index in [0.717, 1.165) is 12.3 Å². The molecule has 0 spiro atoms. The predicted octanol–water partition coefficient (Wildman–Crippen LogP) is 8.08. The van der Waals surface area contributed by atoms with Crippen molar-refractivity contribution >= 4 is 14.1 Å². The Morgan fingerprint density at radius 1 is 0.968 bits per heavy atom. The first-order valence-electron chi connectivity index (χ1n) is 13.4. The summed E-state index contributed by atoms with van der Waals surface area (Å²) in [5, 5.41) is 0. The van der Waals surface area contributed by atoms with Crippen molar-refractivity contribution in [3.8, 4) is 0 Å². The Hall–Kier alpha value is -0.413. The first-order chi connectivity index (χ1) is 14.5. The number of carbonyl (C=O) groups is 1. The summed E-state index contributed by atoms with van der Waals surface area (Å²) in [4.78, 5) is 13.5. The summed E-state index contributed by atoms with van der Waals surface area (Å²) >= 11 is 0. The average Bonchev–Trinajstić information content (AvgIpc) is 2.94. The van der Waals surface area contributed by atoms with Crippen molar-refractivity contribution in [2.45, 2.75) is 129 Å². The van der Waals surface area contributed by atoms with Gasteiger partial charge in [0.15, 0.2) is 0 Å². The van der Waals surface area contributed by atoms with Crippen molar-refractivity contribution in [2.75, 3.05) is 0 Å². The molecule has 0 aromatic heterocycles. The molecule has 6 atom stereocenters. The van der Waals surface area contributed by atoms with Gasteiger partial charge in [0.25, 0.3) is 0 Å². The lowest BCUT2D eigenvalue weighted by atomic mass is 9.47. The predicted molar refractivity (Wildman–Crippen MR) is 133 cm³/mol. The number of allylic oxidation sites excluding steroid dienone is 2. The fourth-order valence-corrected chi connectivity index (χ4v) is 14.9. The average molecular weight is 445 g/mol. The van der Waals surface area contributed by atoms with Crippen LogP contribution in [0.5, 0.6) is 0 Å². The van der Waals surface area contributed by atoms with E-state index in [2.05, 4.69) is 61.5 Å². The summed E-state index contributed by atoms with van der Waals surface area (Å²) < 4.78 is 7.41. The lowest BCUT2D eigenvalue weighted by Crippen LogP contribution is -2.55. The van der Waals surface area contributed by atoms with Gasteiger partial charge in [0.05, 0.1) is 6.10 Å². The Morgan fingerprint density at radius 2 is 1.61 bits per heavy atom. The zero-order valence-corrected chi connectivity index (χ0v) is 22.6. The van der Waals surface area contributed by atoms with Crippen LogP contribution in [0.1, 0.15) is 107 Å². The molecule has 4 aliphatic carbocycles. The van der Waals surface area contributed by atoms with Crippen LogP contribution >= 0.6 is 0 Å². The van der Waals surface area contributed by atoms with Gasteiger partial charge in [-0.15, -0.1) is 0 Å². The van der Waals surface area contributed by atoms with Crippen LogP contribution in [0.2, 0.25) is 16.6 Å². The largest absolute Gasteiger partial charge is 0.412 e. The monoisotopic (exact) mass is 444 g/mol. The molecule has 3 saturated carbocycles. The third-order valence-electron chi connectivity index (χ3n) is 10.8. The molecular formula is C28H48O2Si. The highest BCUT2D eigenvalue weighted by atomic mass is 28.4. The smallest absolute Gasteiger partial charge is 0.200 e. The summed E-state index contributed by atoms with van der Waals surface area (Å²) in [7, 11) is -2.00. The first-order valence-corrected chi connectivity index (χ1v) is 15.5. The molecule has 3 heteroatoms. The number of ketones is 1. The highest BCUT2D eigenvalue weighted by Gasteiger charge is 2.63. The van der Waals surface area contributed by atoms with Crippen LogP contribution in [0, 0.1) is 28.6 Å². The Morgan fingerprint density at radius 3 is 2.23 bits per heavy atom. The molecule has 0 amide bonds. The summed E-state index contributed by atoms with van der Waals surface area (Å²) in [6, 6.07) is 0. The summed E-state index contributed by atoms with van der Waals surface area (Å²) in [5.41, 5.74) is 3.70. The van der Waals surface area contributed by atoms with Crippen molar-refractivity contribution in [3.05, 3.63) is 11.6 Å². The zero-order chi connectivity index (χ0) is 22.8. The quantitative estimate of drug-likeness (QED) is 0.316. The minimum Gasteiger partial charge on any atom is -0.412 e. The van der Waals surface area contributed by atoms with E-state index in [-0.39, 0.29) is 11.5 Å². The maximum absolute atomic E-state index is 13.5. The van der Waals surface area contributed by atoms with E-state index in [4.69, 9.17) is 4.43 Å². The van der Waals surface area contributed by atoms with E-state index in [1.807, 2.05) is 0 Å². The van der Waals surface area contributed by atoms with Gasteiger partial charge in [-0.2, -0.15) is 0 Å². The fraction of sp³-hybridized carbons (Fsp3) is 0.893. The normalized spacial score (nSPS) is 40.7. The van der Waals surface area contributed by atoms with Gasteiger partial charge in [-0.25, -0.2) is 0 Å². The maximum Gasteiger partial charge on any atom is 0.200 e. The van der Waals surface area contributed by atoms with Gasteiger partial charge in [0.2, 0.25) is 8.32 Å². The van der Waals surface area contributed by atoms with Gasteiger partial charge in [-0.1, -0.05) is 67.0 Å². The molecule has 0 aromatic rings. The molecule has 3 fully saturated rings. The lowest BCUT2D eigenvalue weighted by Gasteiger charge is -2.58. The maximum atomic E-state index is 13.5. The van der Waals surface area contributed by atoms with Crippen LogP contribution in [0.15, 0.2) is 11.6 Å². The van der Waals surface area contributed by atoms with E-state index in [0.29, 0.717) is 46.1 Å². The molecule has 0 aliphatic heterocycles. The Balaban J connectivity index is 1.71. The van der Waals surface area contributed by atoms with Crippen LogP contribution in [-0.2, 0) is 9.22 Å². The Bertz CT molecular complexity index is 716. The minimum absolute atomic E-state index is 0.150. The van der Waals surface area contributed by atoms with Crippen molar-refractivity contribution in [2.24, 2.45) is 28.6 Å². The van der Waals surface area contributed by atoms with E-state index < -0.39 is 8.32 Å². The summed E-state index contributed by atoms with van der Waals surface area (Å²) in [6.45, 7) is 19.2. The van der Waals surface area contributed by atoms with Gasteiger partial charge in [0, 0.05) is 11.8 Å². The van der Waals surface area contributed by atoms with Gasteiger partial charge < -0.3 is 4.43 Å². The second-order valence-electron chi connectivity index (χ2n) is 12.9. The van der Waals surface area contributed by atoms with Gasteiger partial charge in [0.1, 0.15) is 5.78 Å². The van der Waals surface area contributed by atoms with Gasteiger partial charge in [-0.3, -0.25) is 4.79 Å². The molecular weight excluding hydrogens is 396 g/mol. The molecule has 0 radical (unpaired) electrons. The second kappa shape index (κ2) is 8.11. The molecule has 31 heavy (non-hydrogen) atoms. The van der Waals surface area contributed by atoms with E-state index in [9.17, 15) is 4.79 Å². The van der Waals surface area contributed by atoms with E-state index >= 15 is 0 Å². The first kappa shape index (κ1) is 23.7. The zero-order valence-electron chi connectivity index (χ0n) is 21.6. The van der Waals surface area contributed by atoms with Crippen LogP contribution < -0.4 is 0 Å². The number of carbonyl (C=O) groups excluding carboxylic acids is 1. The molecule has 0 aromatic carbocycles. The van der Waals surface area contributed by atoms with Crippen molar-refractivity contribution in [1.82, 2.24) is 0 Å². The molecule has 0 bridgehead atoms. The molecule has 4 aliphatic rings. The number of Topliss-reactive ketones (excluding diaryl/α,β-unsaturated/α-hetero) is 1. The van der Waals surface area contributed by atoms with E-state index in [1.165, 1.54) is 38.5 Å². The summed E-state index contributed by atoms with van der Waals surface area (Å²) in [6.07, 6.45) is 12.2. The van der Waals surface area contributed by atoms with Crippen LogP contribution in [0.3, 0.4) is 0 Å². The number of fused-ring (bicyclic) bond motifs is 5. The molecule has 2 nitrogen and oxygen atoms in total. The Labute approximate surface area is 193 Å². The standard InChI is InChI=1S/C28H48O2Si/c1-18(2)31(19(3)4,20(5)6)30-24-17-25(29)28(8)16-14-23-22(26(24)28)13-12-21-11-9-10-15-27(21,23)7/h11,18-20,22-24,26H,9-10,12-17H2,1-8H3/t22-,23+,24?,26-,27+,28-/m1/s1. The minimum atomic E-state index is -2.00. The third kappa shape index (κ3) is 3.38. The topological polar surface area (TPSA) is 26.3 Å². The van der Waals surface area contributed by atoms with Crippen LogP contribution in [-0.4, -0.2) is 20.2 Å².